The minimum Gasteiger partial charge on any atom is -0.456 e. The fraction of sp³-hybridized carbons (Fsp3) is 0.500. The fourth-order valence-corrected chi connectivity index (χ4v) is 3.92. The molecule has 1 heterocycles. The van der Waals surface area contributed by atoms with Crippen LogP contribution >= 0.6 is 11.8 Å². The number of amides is 2. The van der Waals surface area contributed by atoms with Crippen LogP contribution in [0.3, 0.4) is 0 Å². The van der Waals surface area contributed by atoms with Gasteiger partial charge in [-0.15, -0.1) is 11.8 Å². The molecule has 1 aromatic rings. The second-order valence-corrected chi connectivity index (χ2v) is 7.69. The number of nitrogens with one attached hydrogen (secondary N) is 1. The third-order valence-electron chi connectivity index (χ3n) is 3.82. The van der Waals surface area contributed by atoms with Gasteiger partial charge in [-0.25, -0.2) is 0 Å². The number of para-hydroxylation sites is 1. The number of ether oxygens (including phenoxy) is 1. The summed E-state index contributed by atoms with van der Waals surface area (Å²) in [4.78, 5) is 39.0. The topological polar surface area (TPSA) is 75.7 Å². The molecule has 1 aliphatic rings. The minimum absolute atomic E-state index is 0.0300. The molecule has 2 rings (SSSR count). The van der Waals surface area contributed by atoms with E-state index in [1.807, 2.05) is 52.0 Å². The molecule has 0 saturated heterocycles. The predicted octanol–water partition coefficient (Wildman–Crippen LogP) is 2.68. The van der Waals surface area contributed by atoms with Gasteiger partial charge in [0, 0.05) is 17.0 Å². The van der Waals surface area contributed by atoms with Gasteiger partial charge in [-0.2, -0.15) is 0 Å². The number of fused-ring (bicyclic) bond motifs is 1. The summed E-state index contributed by atoms with van der Waals surface area (Å²) in [5.41, 5.74) is 0.752. The van der Waals surface area contributed by atoms with E-state index in [4.69, 9.17) is 4.74 Å². The number of esters is 1. The van der Waals surface area contributed by atoms with Gasteiger partial charge in [0.1, 0.15) is 0 Å². The second kappa shape index (κ2) is 8.38. The van der Waals surface area contributed by atoms with E-state index in [0.29, 0.717) is 0 Å². The molecule has 136 valence electrons. The van der Waals surface area contributed by atoms with Gasteiger partial charge in [0.25, 0.3) is 5.91 Å². The van der Waals surface area contributed by atoms with Crippen LogP contribution in [-0.2, 0) is 19.1 Å². The molecule has 0 bridgehead atoms. The number of anilines is 1. The number of thioether (sulfide) groups is 1. The molecule has 25 heavy (non-hydrogen) atoms. The van der Waals surface area contributed by atoms with Crippen LogP contribution in [0, 0.1) is 0 Å². The van der Waals surface area contributed by atoms with E-state index < -0.39 is 11.2 Å². The average Bonchev–Trinajstić information content (AvgIpc) is 2.53. The standard InChI is InChI=1S/C18H24N2O4S/c1-11(2)20(12(3)4)16(21)10-24-17(22)9-15-18(23)19-13-7-5-6-8-14(13)25-15/h5-8,11-12,15H,9-10H2,1-4H3,(H,19,23)/t15-/m0/s1. The number of carbonyl (C=O) groups excluding carboxylic acids is 3. The van der Waals surface area contributed by atoms with Gasteiger partial charge in [0.15, 0.2) is 6.61 Å². The summed E-state index contributed by atoms with van der Waals surface area (Å²) in [5, 5.41) is 2.23. The lowest BCUT2D eigenvalue weighted by Crippen LogP contribution is -2.44. The van der Waals surface area contributed by atoms with Gasteiger partial charge in [-0.05, 0) is 39.8 Å². The summed E-state index contributed by atoms with van der Waals surface area (Å²) in [7, 11) is 0. The molecule has 0 radical (unpaired) electrons. The number of benzene rings is 1. The van der Waals surface area contributed by atoms with Gasteiger partial charge in [0.2, 0.25) is 5.91 Å². The highest BCUT2D eigenvalue weighted by molar-refractivity contribution is 8.01. The fourth-order valence-electron chi connectivity index (χ4n) is 2.83. The van der Waals surface area contributed by atoms with Gasteiger partial charge < -0.3 is 15.0 Å². The van der Waals surface area contributed by atoms with Crippen LogP contribution in [0.2, 0.25) is 0 Å². The summed E-state index contributed by atoms with van der Waals surface area (Å²) >= 11 is 1.34. The third kappa shape index (κ3) is 4.98. The highest BCUT2D eigenvalue weighted by Crippen LogP contribution is 2.36. The van der Waals surface area contributed by atoms with Crippen molar-refractivity contribution < 1.29 is 19.1 Å². The number of carbonyl (C=O) groups is 3. The van der Waals surface area contributed by atoms with Crippen molar-refractivity contribution in [3.8, 4) is 0 Å². The minimum atomic E-state index is -0.552. The smallest absolute Gasteiger partial charge is 0.307 e. The Morgan fingerprint density at radius 3 is 2.48 bits per heavy atom. The molecule has 0 aliphatic carbocycles. The Hall–Kier alpha value is -2.02. The molecule has 0 fully saturated rings. The highest BCUT2D eigenvalue weighted by Gasteiger charge is 2.30. The van der Waals surface area contributed by atoms with Crippen molar-refractivity contribution in [2.45, 2.75) is 56.3 Å². The Bertz CT molecular complexity index is 652. The predicted molar refractivity (Wildman–Crippen MR) is 97.4 cm³/mol. The molecule has 1 aromatic carbocycles. The number of hydrogen-bond donors (Lipinski definition) is 1. The molecule has 7 heteroatoms. The molecule has 1 atom stereocenters. The van der Waals surface area contributed by atoms with Crippen molar-refractivity contribution in [1.82, 2.24) is 4.90 Å². The van der Waals surface area contributed by atoms with Gasteiger partial charge in [0.05, 0.1) is 17.4 Å². The maximum atomic E-state index is 12.2. The molecule has 6 nitrogen and oxygen atoms in total. The number of nitrogens with zero attached hydrogens (tertiary/aromatic N) is 1. The van der Waals surface area contributed by atoms with Crippen molar-refractivity contribution in [3.05, 3.63) is 24.3 Å². The normalized spacial score (nSPS) is 16.4. The Morgan fingerprint density at radius 1 is 1.20 bits per heavy atom. The summed E-state index contributed by atoms with van der Waals surface area (Å²) in [6, 6.07) is 7.49. The van der Waals surface area contributed by atoms with E-state index in [-0.39, 0.29) is 36.9 Å². The zero-order valence-electron chi connectivity index (χ0n) is 14.9. The van der Waals surface area contributed by atoms with Crippen LogP contribution in [0.1, 0.15) is 34.1 Å². The second-order valence-electron chi connectivity index (χ2n) is 6.45. The van der Waals surface area contributed by atoms with Gasteiger partial charge >= 0.3 is 5.97 Å². The molecule has 0 saturated carbocycles. The van der Waals surface area contributed by atoms with Crippen molar-refractivity contribution in [2.24, 2.45) is 0 Å². The molecule has 2 amide bonds. The van der Waals surface area contributed by atoms with Crippen LogP contribution in [0.4, 0.5) is 5.69 Å². The molecular formula is C18H24N2O4S. The quantitative estimate of drug-likeness (QED) is 0.786. The maximum absolute atomic E-state index is 12.2. The first kappa shape index (κ1) is 19.3. The zero-order valence-corrected chi connectivity index (χ0v) is 15.8. The molecule has 0 spiro atoms. The lowest BCUT2D eigenvalue weighted by Gasteiger charge is -2.30. The molecule has 0 aromatic heterocycles. The maximum Gasteiger partial charge on any atom is 0.307 e. The number of hydrogen-bond acceptors (Lipinski definition) is 5. The first-order chi connectivity index (χ1) is 11.8. The zero-order chi connectivity index (χ0) is 18.6. The van der Waals surface area contributed by atoms with E-state index in [2.05, 4.69) is 5.32 Å². The Kier molecular flexibility index (Phi) is 6.47. The van der Waals surface area contributed by atoms with Gasteiger partial charge in [-0.3, -0.25) is 14.4 Å². The molecular weight excluding hydrogens is 340 g/mol. The molecule has 0 unspecified atom stereocenters. The summed E-state index contributed by atoms with van der Waals surface area (Å²) < 4.78 is 5.10. The molecule has 1 aliphatic heterocycles. The average molecular weight is 364 g/mol. The highest BCUT2D eigenvalue weighted by atomic mass is 32.2. The SMILES string of the molecule is CC(C)N(C(=O)COC(=O)C[C@@H]1Sc2ccccc2NC1=O)C(C)C. The van der Waals surface area contributed by atoms with Crippen LogP contribution in [0.15, 0.2) is 29.2 Å². The van der Waals surface area contributed by atoms with Crippen molar-refractivity contribution in [1.29, 1.82) is 0 Å². The first-order valence-electron chi connectivity index (χ1n) is 8.33. The summed E-state index contributed by atoms with van der Waals surface area (Å²) in [6.07, 6.45) is -0.0680. The summed E-state index contributed by atoms with van der Waals surface area (Å²) in [5.74, 6) is -1.00. The first-order valence-corrected chi connectivity index (χ1v) is 9.21. The van der Waals surface area contributed by atoms with Crippen LogP contribution in [-0.4, -0.2) is 46.6 Å². The number of rotatable bonds is 6. The summed E-state index contributed by atoms with van der Waals surface area (Å²) in [6.45, 7) is 7.37. The third-order valence-corrected chi connectivity index (χ3v) is 5.09. The van der Waals surface area contributed by atoms with Crippen molar-refractivity contribution >= 4 is 35.2 Å². The van der Waals surface area contributed by atoms with E-state index in [1.165, 1.54) is 11.8 Å². The van der Waals surface area contributed by atoms with Crippen molar-refractivity contribution in [3.63, 3.8) is 0 Å². The monoisotopic (exact) mass is 364 g/mol. The van der Waals surface area contributed by atoms with Crippen molar-refractivity contribution in [2.75, 3.05) is 11.9 Å². The van der Waals surface area contributed by atoms with E-state index in [0.717, 1.165) is 10.6 Å². The Labute approximate surface area is 152 Å². The van der Waals surface area contributed by atoms with E-state index >= 15 is 0 Å². The molecule has 1 N–H and O–H groups in total. The van der Waals surface area contributed by atoms with Crippen LogP contribution in [0.5, 0.6) is 0 Å². The Morgan fingerprint density at radius 2 is 1.84 bits per heavy atom. The van der Waals surface area contributed by atoms with Gasteiger partial charge in [-0.1, -0.05) is 12.1 Å². The van der Waals surface area contributed by atoms with E-state index in [1.54, 1.807) is 4.90 Å². The van der Waals surface area contributed by atoms with E-state index in [9.17, 15) is 14.4 Å². The largest absolute Gasteiger partial charge is 0.456 e. The van der Waals surface area contributed by atoms with Crippen LogP contribution < -0.4 is 5.32 Å². The lowest BCUT2D eigenvalue weighted by atomic mass is 10.2. The Balaban J connectivity index is 1.88. The lowest BCUT2D eigenvalue weighted by molar-refractivity contribution is -0.153. The van der Waals surface area contributed by atoms with Crippen LogP contribution in [0.25, 0.3) is 0 Å².